The molecule has 0 saturated carbocycles. The summed E-state index contributed by atoms with van der Waals surface area (Å²) < 4.78 is 25.5. The first kappa shape index (κ1) is 15.4. The Morgan fingerprint density at radius 3 is 2.12 bits per heavy atom. The molecule has 0 heterocycles. The van der Waals surface area contributed by atoms with Crippen molar-refractivity contribution in [1.82, 2.24) is 4.72 Å². The molecule has 16 heavy (non-hydrogen) atoms. The zero-order valence-corrected chi connectivity index (χ0v) is 11.0. The zero-order chi connectivity index (χ0) is 12.9. The second-order valence-electron chi connectivity index (χ2n) is 4.49. The molecule has 0 aromatic carbocycles. The third kappa shape index (κ3) is 5.46. The average molecular weight is 251 g/mol. The van der Waals surface area contributed by atoms with Crippen molar-refractivity contribution in [2.24, 2.45) is 11.8 Å². The number of carboxylic acids is 1. The van der Waals surface area contributed by atoms with Gasteiger partial charge in [-0.1, -0.05) is 34.1 Å². The molecule has 0 amide bonds. The van der Waals surface area contributed by atoms with Crippen molar-refractivity contribution in [3.8, 4) is 0 Å². The first-order valence-electron chi connectivity index (χ1n) is 5.42. The molecule has 2 atom stereocenters. The maximum absolute atomic E-state index is 11.6. The summed E-state index contributed by atoms with van der Waals surface area (Å²) in [6, 6.07) is -1.03. The number of rotatable bonds is 7. The molecule has 2 N–H and O–H groups in total. The number of aliphatic carboxylic acids is 1. The average Bonchev–Trinajstić information content (AvgIpc) is 2.10. The summed E-state index contributed by atoms with van der Waals surface area (Å²) in [4.78, 5) is 10.9. The fourth-order valence-electron chi connectivity index (χ4n) is 1.33. The van der Waals surface area contributed by atoms with Crippen LogP contribution in [-0.2, 0) is 14.8 Å². The minimum Gasteiger partial charge on any atom is -0.480 e. The Labute approximate surface area is 97.3 Å². The Kier molecular flexibility index (Phi) is 5.96. The van der Waals surface area contributed by atoms with Crippen molar-refractivity contribution in [3.63, 3.8) is 0 Å². The van der Waals surface area contributed by atoms with Crippen LogP contribution in [0.5, 0.6) is 0 Å². The summed E-state index contributed by atoms with van der Waals surface area (Å²) in [5, 5.41) is 8.95. The van der Waals surface area contributed by atoms with Gasteiger partial charge in [0, 0.05) is 0 Å². The first-order valence-corrected chi connectivity index (χ1v) is 7.07. The summed E-state index contributed by atoms with van der Waals surface area (Å²) in [5.41, 5.74) is 0. The highest BCUT2D eigenvalue weighted by atomic mass is 32.2. The summed E-state index contributed by atoms with van der Waals surface area (Å²) in [6.07, 6.45) is 0.612. The largest absolute Gasteiger partial charge is 0.480 e. The molecule has 0 rings (SSSR count). The van der Waals surface area contributed by atoms with Crippen molar-refractivity contribution >= 4 is 16.0 Å². The highest BCUT2D eigenvalue weighted by Gasteiger charge is 2.28. The lowest BCUT2D eigenvalue weighted by atomic mass is 10.0. The molecule has 0 aliphatic carbocycles. The molecule has 0 aliphatic rings. The molecular weight excluding hydrogens is 230 g/mol. The highest BCUT2D eigenvalue weighted by molar-refractivity contribution is 7.89. The summed E-state index contributed by atoms with van der Waals surface area (Å²) in [5.74, 6) is -1.42. The summed E-state index contributed by atoms with van der Waals surface area (Å²) >= 11 is 0. The van der Waals surface area contributed by atoms with E-state index < -0.39 is 22.0 Å². The van der Waals surface area contributed by atoms with E-state index in [9.17, 15) is 13.2 Å². The lowest BCUT2D eigenvalue weighted by molar-refractivity contribution is -0.140. The van der Waals surface area contributed by atoms with E-state index >= 15 is 0 Å². The fourth-order valence-corrected chi connectivity index (χ4v) is 3.02. The van der Waals surface area contributed by atoms with Gasteiger partial charge in [-0.05, 0) is 11.8 Å². The molecule has 6 heteroatoms. The predicted octanol–water partition coefficient (Wildman–Crippen LogP) is 1.06. The first-order chi connectivity index (χ1) is 7.19. The Balaban J connectivity index is 4.70. The predicted molar refractivity (Wildman–Crippen MR) is 62.6 cm³/mol. The van der Waals surface area contributed by atoms with Gasteiger partial charge in [0.1, 0.15) is 6.04 Å². The van der Waals surface area contributed by atoms with Crippen molar-refractivity contribution < 1.29 is 18.3 Å². The van der Waals surface area contributed by atoms with Crippen LogP contribution in [-0.4, -0.2) is 31.3 Å². The smallest absolute Gasteiger partial charge is 0.322 e. The number of hydrogen-bond acceptors (Lipinski definition) is 3. The van der Waals surface area contributed by atoms with E-state index in [4.69, 9.17) is 5.11 Å². The van der Waals surface area contributed by atoms with E-state index in [1.807, 2.05) is 6.92 Å². The molecule has 0 spiro atoms. The zero-order valence-electron chi connectivity index (χ0n) is 10.2. The molecular formula is C10H21NO4S. The van der Waals surface area contributed by atoms with Gasteiger partial charge < -0.3 is 5.11 Å². The molecule has 0 fully saturated rings. The standard InChI is InChI=1S/C10H21NO4S/c1-5-8(4)9(10(12)13)11-16(14,15)6-7(2)3/h7-9,11H,5-6H2,1-4H3,(H,12,13)/t8-,9-/m0/s1. The Bertz CT molecular complexity index is 324. The monoisotopic (exact) mass is 251 g/mol. The Morgan fingerprint density at radius 1 is 1.31 bits per heavy atom. The van der Waals surface area contributed by atoms with Gasteiger partial charge >= 0.3 is 5.97 Å². The lowest BCUT2D eigenvalue weighted by Gasteiger charge is -2.20. The normalized spacial score (nSPS) is 16.1. The van der Waals surface area contributed by atoms with E-state index in [1.54, 1.807) is 20.8 Å². The number of sulfonamides is 1. The van der Waals surface area contributed by atoms with Gasteiger partial charge in [0.25, 0.3) is 0 Å². The minimum atomic E-state index is -3.51. The molecule has 5 nitrogen and oxygen atoms in total. The lowest BCUT2D eigenvalue weighted by Crippen LogP contribution is -2.46. The second kappa shape index (κ2) is 6.20. The molecule has 0 saturated heterocycles. The van der Waals surface area contributed by atoms with Crippen LogP contribution in [0.3, 0.4) is 0 Å². The van der Waals surface area contributed by atoms with E-state index in [2.05, 4.69) is 4.72 Å². The topological polar surface area (TPSA) is 83.5 Å². The van der Waals surface area contributed by atoms with E-state index in [1.165, 1.54) is 0 Å². The maximum atomic E-state index is 11.6. The molecule has 0 aliphatic heterocycles. The summed E-state index contributed by atoms with van der Waals surface area (Å²) in [6.45, 7) is 7.10. The van der Waals surface area contributed by atoms with E-state index in [0.29, 0.717) is 6.42 Å². The van der Waals surface area contributed by atoms with Crippen LogP contribution in [0.15, 0.2) is 0 Å². The van der Waals surface area contributed by atoms with Crippen LogP contribution in [0.4, 0.5) is 0 Å². The quantitative estimate of drug-likeness (QED) is 0.708. The number of nitrogens with one attached hydrogen (secondary N) is 1. The third-order valence-corrected chi connectivity index (χ3v) is 4.06. The van der Waals surface area contributed by atoms with E-state index in [-0.39, 0.29) is 17.6 Å². The van der Waals surface area contributed by atoms with Crippen LogP contribution in [0.2, 0.25) is 0 Å². The van der Waals surface area contributed by atoms with Crippen LogP contribution in [0.1, 0.15) is 34.1 Å². The van der Waals surface area contributed by atoms with Gasteiger partial charge in [-0.2, -0.15) is 0 Å². The number of hydrogen-bond donors (Lipinski definition) is 2. The Hall–Kier alpha value is -0.620. The third-order valence-electron chi connectivity index (χ3n) is 2.34. The van der Waals surface area contributed by atoms with Gasteiger partial charge in [0.05, 0.1) is 5.75 Å². The fraction of sp³-hybridized carbons (Fsp3) is 0.900. The van der Waals surface area contributed by atoms with Crippen LogP contribution < -0.4 is 4.72 Å². The van der Waals surface area contributed by atoms with Crippen LogP contribution >= 0.6 is 0 Å². The van der Waals surface area contributed by atoms with Crippen LogP contribution in [0, 0.1) is 11.8 Å². The van der Waals surface area contributed by atoms with Gasteiger partial charge in [0.15, 0.2) is 0 Å². The van der Waals surface area contributed by atoms with Gasteiger partial charge in [-0.3, -0.25) is 4.79 Å². The van der Waals surface area contributed by atoms with Gasteiger partial charge in [0.2, 0.25) is 10.0 Å². The van der Waals surface area contributed by atoms with Gasteiger partial charge in [-0.15, -0.1) is 0 Å². The van der Waals surface area contributed by atoms with Crippen molar-refractivity contribution in [1.29, 1.82) is 0 Å². The van der Waals surface area contributed by atoms with Crippen molar-refractivity contribution in [3.05, 3.63) is 0 Å². The SMILES string of the molecule is CC[C@H](C)[C@H](NS(=O)(=O)CC(C)C)C(=O)O. The van der Waals surface area contributed by atoms with Gasteiger partial charge in [-0.25, -0.2) is 13.1 Å². The van der Waals surface area contributed by atoms with E-state index in [0.717, 1.165) is 0 Å². The van der Waals surface area contributed by atoms with Crippen molar-refractivity contribution in [2.45, 2.75) is 40.2 Å². The molecule has 0 radical (unpaired) electrons. The Morgan fingerprint density at radius 2 is 1.81 bits per heavy atom. The number of carboxylic acid groups (broad SMARTS) is 1. The molecule has 0 aromatic rings. The van der Waals surface area contributed by atoms with Crippen LogP contribution in [0.25, 0.3) is 0 Å². The maximum Gasteiger partial charge on any atom is 0.322 e. The molecule has 0 aromatic heterocycles. The van der Waals surface area contributed by atoms with Crippen molar-refractivity contribution in [2.75, 3.05) is 5.75 Å². The molecule has 0 unspecified atom stereocenters. The second-order valence-corrected chi connectivity index (χ2v) is 6.29. The molecule has 0 bridgehead atoms. The highest BCUT2D eigenvalue weighted by Crippen LogP contribution is 2.10. The minimum absolute atomic E-state index is 0.0242. The number of carbonyl (C=O) groups is 1. The summed E-state index contributed by atoms with van der Waals surface area (Å²) in [7, 11) is -3.51. The molecule has 96 valence electrons.